The third-order valence-electron chi connectivity index (χ3n) is 4.10. The zero-order chi connectivity index (χ0) is 19.4. The number of carbonyl (C=O) groups excluding carboxylic acids is 1. The van der Waals surface area contributed by atoms with Gasteiger partial charge in [0.15, 0.2) is 5.78 Å². The van der Waals surface area contributed by atoms with E-state index in [0.29, 0.717) is 0 Å². The van der Waals surface area contributed by atoms with E-state index in [-0.39, 0.29) is 5.78 Å². The van der Waals surface area contributed by atoms with Gasteiger partial charge in [-0.1, -0.05) is 96.9 Å². The van der Waals surface area contributed by atoms with Crippen LogP contribution >= 0.6 is 0 Å². The lowest BCUT2D eigenvalue weighted by Crippen LogP contribution is -1.84. The zero-order valence-electron chi connectivity index (χ0n) is 15.6. The van der Waals surface area contributed by atoms with Gasteiger partial charge in [-0.05, 0) is 35.1 Å². The SMILES string of the molecule is O=C1/C=C\C=C/C2=CC=CC=C(C#CC#CC3=CC=CC=C(/C=C\C=C/1)C3)C2. The van der Waals surface area contributed by atoms with Gasteiger partial charge in [0.05, 0.1) is 0 Å². The Bertz CT molecular complexity index is 977. The van der Waals surface area contributed by atoms with Crippen molar-refractivity contribution in [2.75, 3.05) is 0 Å². The lowest BCUT2D eigenvalue weighted by atomic mass is 10.1. The molecule has 3 rings (SSSR count). The molecule has 1 nitrogen and oxygen atoms in total. The summed E-state index contributed by atoms with van der Waals surface area (Å²) < 4.78 is 0. The average molecular weight is 360 g/mol. The maximum absolute atomic E-state index is 11.9. The van der Waals surface area contributed by atoms with Gasteiger partial charge in [0.25, 0.3) is 0 Å². The van der Waals surface area contributed by atoms with Crippen molar-refractivity contribution >= 4 is 5.78 Å². The molecule has 0 fully saturated rings. The van der Waals surface area contributed by atoms with Crippen molar-refractivity contribution in [1.29, 1.82) is 0 Å². The van der Waals surface area contributed by atoms with E-state index in [1.807, 2.05) is 72.9 Å². The summed E-state index contributed by atoms with van der Waals surface area (Å²) in [5.74, 6) is 12.2. The highest BCUT2D eigenvalue weighted by molar-refractivity contribution is 5.99. The van der Waals surface area contributed by atoms with Crippen LogP contribution in [0, 0.1) is 23.7 Å². The number of hydrogen-bond acceptors (Lipinski definition) is 1. The van der Waals surface area contributed by atoms with E-state index in [1.54, 1.807) is 24.3 Å². The molecule has 0 spiro atoms. The van der Waals surface area contributed by atoms with Gasteiger partial charge in [-0.2, -0.15) is 0 Å². The molecule has 0 unspecified atom stereocenters. The average Bonchev–Trinajstić information content (AvgIpc) is 3.06. The quantitative estimate of drug-likeness (QED) is 0.527. The Morgan fingerprint density at radius 1 is 0.536 bits per heavy atom. The van der Waals surface area contributed by atoms with Crippen molar-refractivity contribution in [3.05, 3.63) is 120 Å². The van der Waals surface area contributed by atoms with Crippen LogP contribution in [0.3, 0.4) is 0 Å². The monoisotopic (exact) mass is 360 g/mol. The molecule has 0 aromatic carbocycles. The van der Waals surface area contributed by atoms with E-state index in [4.69, 9.17) is 0 Å². The molecule has 4 bridgehead atoms. The van der Waals surface area contributed by atoms with Crippen molar-refractivity contribution in [2.24, 2.45) is 0 Å². The predicted molar refractivity (Wildman–Crippen MR) is 117 cm³/mol. The Morgan fingerprint density at radius 3 is 1.46 bits per heavy atom. The fourth-order valence-electron chi connectivity index (χ4n) is 2.72. The van der Waals surface area contributed by atoms with E-state index < -0.39 is 0 Å². The van der Waals surface area contributed by atoms with Gasteiger partial charge in [0, 0.05) is 24.0 Å². The van der Waals surface area contributed by atoms with Crippen LogP contribution in [0.15, 0.2) is 120 Å². The Morgan fingerprint density at radius 2 is 0.964 bits per heavy atom. The van der Waals surface area contributed by atoms with Crippen molar-refractivity contribution in [3.8, 4) is 23.7 Å². The van der Waals surface area contributed by atoms with E-state index in [1.165, 1.54) is 0 Å². The fourth-order valence-corrected chi connectivity index (χ4v) is 2.72. The third-order valence-corrected chi connectivity index (χ3v) is 4.10. The maximum Gasteiger partial charge on any atom is 0.178 e. The van der Waals surface area contributed by atoms with Gasteiger partial charge in [0.2, 0.25) is 0 Å². The number of hydrogen-bond donors (Lipinski definition) is 0. The number of carbonyl (C=O) groups is 1. The van der Waals surface area contributed by atoms with Crippen LogP contribution < -0.4 is 0 Å². The van der Waals surface area contributed by atoms with Crippen LogP contribution in [0.4, 0.5) is 0 Å². The Labute approximate surface area is 166 Å². The molecular weight excluding hydrogens is 340 g/mol. The summed E-state index contributed by atoms with van der Waals surface area (Å²) in [5.41, 5.74) is 4.28. The first-order valence-electron chi connectivity index (χ1n) is 9.18. The Kier molecular flexibility index (Phi) is 7.02. The van der Waals surface area contributed by atoms with E-state index >= 15 is 0 Å². The fraction of sp³-hybridized carbons (Fsp3) is 0.0741. The van der Waals surface area contributed by atoms with Gasteiger partial charge in [-0.3, -0.25) is 4.79 Å². The van der Waals surface area contributed by atoms with Crippen molar-refractivity contribution in [2.45, 2.75) is 12.8 Å². The van der Waals surface area contributed by atoms with E-state index in [0.717, 1.165) is 35.1 Å². The van der Waals surface area contributed by atoms with E-state index in [9.17, 15) is 4.79 Å². The Hall–Kier alpha value is -3.81. The minimum absolute atomic E-state index is 0.0467. The topological polar surface area (TPSA) is 17.1 Å². The highest BCUT2D eigenvalue weighted by Crippen LogP contribution is 2.16. The van der Waals surface area contributed by atoms with Crippen molar-refractivity contribution < 1.29 is 4.79 Å². The summed E-state index contributed by atoms with van der Waals surface area (Å²) in [6.45, 7) is 0. The van der Waals surface area contributed by atoms with Crippen molar-refractivity contribution in [3.63, 3.8) is 0 Å². The minimum Gasteiger partial charge on any atom is -0.290 e. The number of ketones is 1. The summed E-state index contributed by atoms with van der Waals surface area (Å²) >= 11 is 0. The molecule has 0 heterocycles. The second-order valence-electron chi connectivity index (χ2n) is 6.33. The first-order chi connectivity index (χ1) is 13.8. The molecule has 0 N–H and O–H groups in total. The molecule has 0 atom stereocenters. The largest absolute Gasteiger partial charge is 0.290 e. The second kappa shape index (κ2) is 10.4. The normalized spacial score (nSPS) is 23.1. The van der Waals surface area contributed by atoms with Gasteiger partial charge < -0.3 is 0 Å². The molecule has 0 aromatic rings. The molecule has 1 heteroatoms. The molecule has 0 amide bonds. The van der Waals surface area contributed by atoms with Gasteiger partial charge >= 0.3 is 0 Å². The number of fused-ring (bicyclic) bond motifs is 4. The molecule has 0 saturated carbocycles. The summed E-state index contributed by atoms with van der Waals surface area (Å²) in [7, 11) is 0. The smallest absolute Gasteiger partial charge is 0.178 e. The van der Waals surface area contributed by atoms with Gasteiger partial charge in [-0.15, -0.1) is 0 Å². The van der Waals surface area contributed by atoms with Crippen LogP contribution in [-0.4, -0.2) is 5.78 Å². The molecule has 0 radical (unpaired) electrons. The van der Waals surface area contributed by atoms with E-state index in [2.05, 4.69) is 23.7 Å². The molecule has 134 valence electrons. The summed E-state index contributed by atoms with van der Waals surface area (Å²) in [6, 6.07) is 0. The standard InChI is InChI=1S/C27H20O/c28-27-19-9-7-17-25-15-5-3-13-23(21-25)11-1-2-12-24-14-4-6-16-26(22-24)18-8-10-20-27/h3-10,13-20H,21-22H2/b17-7-,18-8-,19-9-,20-10-. The summed E-state index contributed by atoms with van der Waals surface area (Å²) in [5, 5.41) is 0. The third kappa shape index (κ3) is 6.49. The lowest BCUT2D eigenvalue weighted by Gasteiger charge is -1.98. The molecule has 0 aliphatic heterocycles. The second-order valence-corrected chi connectivity index (χ2v) is 6.33. The highest BCUT2D eigenvalue weighted by atomic mass is 16.1. The van der Waals surface area contributed by atoms with Crippen LogP contribution in [-0.2, 0) is 4.79 Å². The lowest BCUT2D eigenvalue weighted by molar-refractivity contribution is -0.110. The molecule has 0 aromatic heterocycles. The molecule has 3 aliphatic rings. The van der Waals surface area contributed by atoms with Gasteiger partial charge in [0.1, 0.15) is 0 Å². The van der Waals surface area contributed by atoms with Crippen LogP contribution in [0.5, 0.6) is 0 Å². The minimum atomic E-state index is -0.0467. The first kappa shape index (κ1) is 19.0. The predicted octanol–water partition coefficient (Wildman–Crippen LogP) is 5.43. The number of allylic oxidation sites excluding steroid dienone is 20. The summed E-state index contributed by atoms with van der Waals surface area (Å²) in [6.07, 6.45) is 31.9. The van der Waals surface area contributed by atoms with Crippen molar-refractivity contribution in [1.82, 2.24) is 0 Å². The highest BCUT2D eigenvalue weighted by Gasteiger charge is 2.00. The molecule has 28 heavy (non-hydrogen) atoms. The van der Waals surface area contributed by atoms with Crippen LogP contribution in [0.2, 0.25) is 0 Å². The molecule has 3 aliphatic carbocycles. The first-order valence-corrected chi connectivity index (χ1v) is 9.18. The summed E-state index contributed by atoms with van der Waals surface area (Å²) in [4.78, 5) is 11.9. The zero-order valence-corrected chi connectivity index (χ0v) is 15.6. The van der Waals surface area contributed by atoms with Crippen LogP contribution in [0.1, 0.15) is 12.8 Å². The maximum atomic E-state index is 11.9. The molecular formula is C27H20O. The Balaban J connectivity index is 1.91. The number of rotatable bonds is 0. The van der Waals surface area contributed by atoms with Gasteiger partial charge in [-0.25, -0.2) is 0 Å². The molecule has 0 saturated heterocycles. The van der Waals surface area contributed by atoms with Crippen LogP contribution in [0.25, 0.3) is 0 Å².